The maximum Gasteiger partial charge on any atom is 0.0590 e. The van der Waals surface area contributed by atoms with Crippen molar-refractivity contribution in [2.75, 3.05) is 19.8 Å². The van der Waals surface area contributed by atoms with Crippen LogP contribution in [0.25, 0.3) is 0 Å². The van der Waals surface area contributed by atoms with Crippen LogP contribution >= 0.6 is 15.9 Å². The highest BCUT2D eigenvalue weighted by Crippen LogP contribution is 2.20. The molecular weight excluding hydrogens is 266 g/mol. The summed E-state index contributed by atoms with van der Waals surface area (Å²) in [5.74, 6) is 0. The quantitative estimate of drug-likeness (QED) is 0.774. The predicted octanol–water partition coefficient (Wildman–Crippen LogP) is 3.53. The van der Waals surface area contributed by atoms with Crippen molar-refractivity contribution in [1.29, 1.82) is 0 Å². The van der Waals surface area contributed by atoms with E-state index >= 15 is 0 Å². The molecule has 0 saturated carbocycles. The third-order valence-corrected chi connectivity index (χ3v) is 2.99. The number of ether oxygens (including phenoxy) is 1. The van der Waals surface area contributed by atoms with Gasteiger partial charge in [0.1, 0.15) is 0 Å². The van der Waals surface area contributed by atoms with E-state index in [1.54, 1.807) is 0 Å². The summed E-state index contributed by atoms with van der Waals surface area (Å²) in [4.78, 5) is 0. The highest BCUT2D eigenvalue weighted by Gasteiger charge is 2.07. The molecule has 3 heteroatoms. The van der Waals surface area contributed by atoms with E-state index in [9.17, 15) is 0 Å². The van der Waals surface area contributed by atoms with Crippen molar-refractivity contribution in [3.05, 3.63) is 34.3 Å². The molecule has 1 aromatic rings. The molecule has 0 saturated heterocycles. The van der Waals surface area contributed by atoms with Gasteiger partial charge in [-0.25, -0.2) is 0 Å². The zero-order valence-corrected chi connectivity index (χ0v) is 11.6. The van der Waals surface area contributed by atoms with Crippen LogP contribution in [0.3, 0.4) is 0 Å². The Morgan fingerprint density at radius 1 is 1.38 bits per heavy atom. The van der Waals surface area contributed by atoms with Crippen molar-refractivity contribution < 1.29 is 4.74 Å². The second kappa shape index (κ2) is 7.82. The number of benzene rings is 1. The predicted molar refractivity (Wildman–Crippen MR) is 71.7 cm³/mol. The van der Waals surface area contributed by atoms with Crippen LogP contribution in [0.2, 0.25) is 0 Å². The lowest BCUT2D eigenvalue weighted by molar-refractivity contribution is 0.146. The van der Waals surface area contributed by atoms with Gasteiger partial charge in [0.2, 0.25) is 0 Å². The average Bonchev–Trinajstić information content (AvgIpc) is 2.29. The average molecular weight is 286 g/mol. The van der Waals surface area contributed by atoms with Crippen molar-refractivity contribution in [2.24, 2.45) is 0 Å². The molecule has 16 heavy (non-hydrogen) atoms. The summed E-state index contributed by atoms with van der Waals surface area (Å²) in [6.07, 6.45) is 1.09. The summed E-state index contributed by atoms with van der Waals surface area (Å²) in [6.45, 7) is 6.68. The molecule has 0 aliphatic heterocycles. The Morgan fingerprint density at radius 3 is 2.81 bits per heavy atom. The number of nitrogens with one attached hydrogen (secondary N) is 1. The van der Waals surface area contributed by atoms with E-state index in [2.05, 4.69) is 52.4 Å². The van der Waals surface area contributed by atoms with Gasteiger partial charge in [-0.2, -0.15) is 0 Å². The normalized spacial score (nSPS) is 12.7. The van der Waals surface area contributed by atoms with Gasteiger partial charge in [0.25, 0.3) is 0 Å². The summed E-state index contributed by atoms with van der Waals surface area (Å²) < 4.78 is 6.45. The minimum absolute atomic E-state index is 0.415. The van der Waals surface area contributed by atoms with E-state index in [4.69, 9.17) is 4.74 Å². The highest BCUT2D eigenvalue weighted by molar-refractivity contribution is 9.10. The van der Waals surface area contributed by atoms with Gasteiger partial charge in [-0.3, -0.25) is 0 Å². The van der Waals surface area contributed by atoms with Crippen LogP contribution in [-0.2, 0) is 4.74 Å². The molecule has 0 amide bonds. The van der Waals surface area contributed by atoms with E-state index in [0.717, 1.165) is 30.7 Å². The van der Waals surface area contributed by atoms with E-state index in [-0.39, 0.29) is 0 Å². The molecule has 1 N–H and O–H groups in total. The summed E-state index contributed by atoms with van der Waals surface area (Å²) in [6, 6.07) is 8.87. The van der Waals surface area contributed by atoms with Crippen LogP contribution < -0.4 is 5.32 Å². The van der Waals surface area contributed by atoms with Crippen LogP contribution in [-0.4, -0.2) is 19.8 Å². The van der Waals surface area contributed by atoms with Crippen LogP contribution in [0, 0.1) is 0 Å². The number of halogens is 1. The second-order valence-corrected chi connectivity index (χ2v) is 4.58. The van der Waals surface area contributed by atoms with E-state index < -0.39 is 0 Å². The van der Waals surface area contributed by atoms with E-state index in [1.807, 2.05) is 6.92 Å². The summed E-state index contributed by atoms with van der Waals surface area (Å²) >= 11 is 3.50. The Balaban J connectivity index is 2.47. The molecule has 1 rings (SSSR count). The minimum atomic E-state index is 0.415. The standard InChI is InChI=1S/C13H20BrNO/c1-3-13(15-8-9-16-4-2)11-6-5-7-12(14)10-11/h5-7,10,13,15H,3-4,8-9H2,1-2H3. The molecule has 0 heterocycles. The Hall–Kier alpha value is -0.380. The Labute approximate surface area is 107 Å². The van der Waals surface area contributed by atoms with Gasteiger partial charge in [0.05, 0.1) is 6.61 Å². The van der Waals surface area contributed by atoms with Crippen molar-refractivity contribution in [3.8, 4) is 0 Å². The lowest BCUT2D eigenvalue weighted by atomic mass is 10.1. The lowest BCUT2D eigenvalue weighted by Crippen LogP contribution is -2.24. The summed E-state index contributed by atoms with van der Waals surface area (Å²) in [5, 5.41) is 3.50. The maximum atomic E-state index is 5.32. The molecule has 2 nitrogen and oxygen atoms in total. The fourth-order valence-electron chi connectivity index (χ4n) is 1.67. The van der Waals surface area contributed by atoms with E-state index in [0.29, 0.717) is 6.04 Å². The molecule has 0 radical (unpaired) electrons. The fourth-order valence-corrected chi connectivity index (χ4v) is 2.09. The van der Waals surface area contributed by atoms with Crippen LogP contribution in [0.4, 0.5) is 0 Å². The number of hydrogen-bond acceptors (Lipinski definition) is 2. The topological polar surface area (TPSA) is 21.3 Å². The first-order valence-electron chi connectivity index (χ1n) is 5.84. The third-order valence-electron chi connectivity index (χ3n) is 2.50. The minimum Gasteiger partial charge on any atom is -0.380 e. The van der Waals surface area contributed by atoms with Gasteiger partial charge in [-0.05, 0) is 31.0 Å². The van der Waals surface area contributed by atoms with Gasteiger partial charge in [0.15, 0.2) is 0 Å². The first-order valence-corrected chi connectivity index (χ1v) is 6.63. The van der Waals surface area contributed by atoms with Crippen molar-refractivity contribution in [1.82, 2.24) is 5.32 Å². The zero-order valence-electron chi connectivity index (χ0n) is 10.0. The lowest BCUT2D eigenvalue weighted by Gasteiger charge is -2.17. The van der Waals surface area contributed by atoms with Gasteiger partial charge in [0, 0.05) is 23.7 Å². The molecule has 0 bridgehead atoms. The molecular formula is C13H20BrNO. The molecule has 1 aromatic carbocycles. The Morgan fingerprint density at radius 2 is 2.19 bits per heavy atom. The molecule has 1 unspecified atom stereocenters. The molecule has 0 fully saturated rings. The molecule has 0 spiro atoms. The van der Waals surface area contributed by atoms with Gasteiger partial charge in [-0.15, -0.1) is 0 Å². The van der Waals surface area contributed by atoms with Crippen LogP contribution in [0.5, 0.6) is 0 Å². The first kappa shape index (κ1) is 13.7. The molecule has 0 aliphatic rings. The Kier molecular flexibility index (Phi) is 6.69. The molecule has 0 aliphatic carbocycles. The largest absolute Gasteiger partial charge is 0.380 e. The molecule has 1 atom stereocenters. The maximum absolute atomic E-state index is 5.32. The molecule has 90 valence electrons. The van der Waals surface area contributed by atoms with E-state index in [1.165, 1.54) is 5.56 Å². The highest BCUT2D eigenvalue weighted by atomic mass is 79.9. The smallest absolute Gasteiger partial charge is 0.0590 e. The summed E-state index contributed by atoms with van der Waals surface area (Å²) in [5.41, 5.74) is 1.33. The van der Waals surface area contributed by atoms with Crippen LogP contribution in [0.1, 0.15) is 31.9 Å². The zero-order chi connectivity index (χ0) is 11.8. The second-order valence-electron chi connectivity index (χ2n) is 3.67. The third kappa shape index (κ3) is 4.64. The monoisotopic (exact) mass is 285 g/mol. The van der Waals surface area contributed by atoms with Crippen molar-refractivity contribution >= 4 is 15.9 Å². The Bertz CT molecular complexity index is 304. The van der Waals surface area contributed by atoms with Crippen molar-refractivity contribution in [3.63, 3.8) is 0 Å². The summed E-state index contributed by atoms with van der Waals surface area (Å²) in [7, 11) is 0. The SMILES string of the molecule is CCOCCNC(CC)c1cccc(Br)c1. The first-order chi connectivity index (χ1) is 7.77. The van der Waals surface area contributed by atoms with Gasteiger partial charge in [-0.1, -0.05) is 35.0 Å². The van der Waals surface area contributed by atoms with Crippen molar-refractivity contribution in [2.45, 2.75) is 26.3 Å². The van der Waals surface area contributed by atoms with Gasteiger partial charge >= 0.3 is 0 Å². The number of rotatable bonds is 7. The van der Waals surface area contributed by atoms with Gasteiger partial charge < -0.3 is 10.1 Å². The molecule has 0 aromatic heterocycles. The van der Waals surface area contributed by atoms with Crippen LogP contribution in [0.15, 0.2) is 28.7 Å². The number of hydrogen-bond donors (Lipinski definition) is 1. The fraction of sp³-hybridized carbons (Fsp3) is 0.538.